The third-order valence-electron chi connectivity index (χ3n) is 4.78. The predicted octanol–water partition coefficient (Wildman–Crippen LogP) is 3.13. The molecular formula is C18H23N3O2S. The average Bonchev–Trinajstić information content (AvgIpc) is 3.08. The minimum atomic E-state index is 0.110. The third kappa shape index (κ3) is 3.26. The van der Waals surface area contributed by atoms with Gasteiger partial charge in [0.1, 0.15) is 0 Å². The van der Waals surface area contributed by atoms with Crippen molar-refractivity contribution in [2.24, 2.45) is 5.92 Å². The van der Waals surface area contributed by atoms with Crippen molar-refractivity contribution in [1.82, 2.24) is 14.7 Å². The van der Waals surface area contributed by atoms with Crippen molar-refractivity contribution in [1.29, 1.82) is 0 Å². The van der Waals surface area contributed by atoms with Crippen LogP contribution in [-0.2, 0) is 17.8 Å². The Morgan fingerprint density at radius 1 is 1.46 bits per heavy atom. The standard InChI is InChI=1S/C18H23N3O2S/c1-2-23-11-16-9-20(18(22)14-5-6-24-12-14)8-15-10-21(19-17(15)16)7-13-3-4-13/h5-6,10,12-13,16H,2-4,7-9,11H2,1H3/t16-/m1/s1. The molecule has 2 aromatic rings. The van der Waals surface area contributed by atoms with Gasteiger partial charge in [0.15, 0.2) is 0 Å². The smallest absolute Gasteiger partial charge is 0.255 e. The van der Waals surface area contributed by atoms with E-state index in [1.807, 2.05) is 28.7 Å². The number of nitrogens with zero attached hydrogens (tertiary/aromatic N) is 3. The van der Waals surface area contributed by atoms with E-state index < -0.39 is 0 Å². The molecule has 0 saturated heterocycles. The summed E-state index contributed by atoms with van der Waals surface area (Å²) in [6, 6.07) is 1.90. The maximum atomic E-state index is 12.7. The number of hydrogen-bond donors (Lipinski definition) is 0. The van der Waals surface area contributed by atoms with Crippen molar-refractivity contribution in [3.05, 3.63) is 39.8 Å². The van der Waals surface area contributed by atoms with Crippen molar-refractivity contribution < 1.29 is 9.53 Å². The van der Waals surface area contributed by atoms with E-state index in [2.05, 4.69) is 10.9 Å². The quantitative estimate of drug-likeness (QED) is 0.808. The highest BCUT2D eigenvalue weighted by Gasteiger charge is 2.32. The highest BCUT2D eigenvalue weighted by atomic mass is 32.1. The molecule has 3 heterocycles. The van der Waals surface area contributed by atoms with Crippen LogP contribution in [0.2, 0.25) is 0 Å². The summed E-state index contributed by atoms with van der Waals surface area (Å²) in [4.78, 5) is 14.7. The molecule has 0 unspecified atom stereocenters. The maximum absolute atomic E-state index is 12.7. The van der Waals surface area contributed by atoms with Crippen molar-refractivity contribution in [3.8, 4) is 0 Å². The Balaban J connectivity index is 1.57. The molecule has 128 valence electrons. The van der Waals surface area contributed by atoms with Crippen molar-refractivity contribution >= 4 is 17.2 Å². The van der Waals surface area contributed by atoms with Crippen LogP contribution in [0.4, 0.5) is 0 Å². The topological polar surface area (TPSA) is 47.4 Å². The maximum Gasteiger partial charge on any atom is 0.255 e. The van der Waals surface area contributed by atoms with E-state index in [9.17, 15) is 4.79 Å². The van der Waals surface area contributed by atoms with E-state index >= 15 is 0 Å². The first kappa shape index (κ1) is 15.8. The number of fused-ring (bicyclic) bond motifs is 1. The molecule has 1 aliphatic heterocycles. The van der Waals surface area contributed by atoms with Crippen LogP contribution in [0.25, 0.3) is 0 Å². The van der Waals surface area contributed by atoms with Crippen LogP contribution in [0.1, 0.15) is 47.3 Å². The molecule has 6 heteroatoms. The van der Waals surface area contributed by atoms with Gasteiger partial charge in [0.25, 0.3) is 5.91 Å². The lowest BCUT2D eigenvalue weighted by Crippen LogP contribution is -2.39. The summed E-state index contributed by atoms with van der Waals surface area (Å²) in [6.07, 6.45) is 4.77. The Labute approximate surface area is 146 Å². The van der Waals surface area contributed by atoms with E-state index in [0.717, 1.165) is 23.7 Å². The Bertz CT molecular complexity index is 706. The third-order valence-corrected chi connectivity index (χ3v) is 5.46. The molecule has 5 nitrogen and oxygen atoms in total. The number of carbonyl (C=O) groups excluding carboxylic acids is 1. The van der Waals surface area contributed by atoms with Gasteiger partial charge in [-0.05, 0) is 37.1 Å². The number of rotatable bonds is 6. The molecule has 0 N–H and O–H groups in total. The molecule has 0 spiro atoms. The molecule has 1 amide bonds. The molecule has 0 bridgehead atoms. The second-order valence-corrected chi connectivity index (χ2v) is 7.54. The monoisotopic (exact) mass is 345 g/mol. The molecule has 24 heavy (non-hydrogen) atoms. The van der Waals surface area contributed by atoms with Gasteiger partial charge in [-0.2, -0.15) is 16.4 Å². The second-order valence-electron chi connectivity index (χ2n) is 6.76. The number of ether oxygens (including phenoxy) is 1. The van der Waals surface area contributed by atoms with Crippen LogP contribution < -0.4 is 0 Å². The molecule has 1 saturated carbocycles. The predicted molar refractivity (Wildman–Crippen MR) is 93.2 cm³/mol. The Kier molecular flexibility index (Phi) is 4.41. The summed E-state index contributed by atoms with van der Waals surface area (Å²) in [6.45, 7) is 5.65. The number of thiophene rings is 1. The normalized spacial score (nSPS) is 20.2. The molecule has 2 aromatic heterocycles. The Hall–Kier alpha value is -1.66. The molecule has 1 aliphatic carbocycles. The van der Waals surface area contributed by atoms with Crippen LogP contribution in [0.3, 0.4) is 0 Å². The molecule has 0 radical (unpaired) electrons. The van der Waals surface area contributed by atoms with Crippen molar-refractivity contribution in [2.45, 2.75) is 38.8 Å². The molecule has 1 atom stereocenters. The fourth-order valence-corrected chi connectivity index (χ4v) is 3.97. The summed E-state index contributed by atoms with van der Waals surface area (Å²) in [5.41, 5.74) is 3.08. The zero-order valence-corrected chi connectivity index (χ0v) is 14.8. The Morgan fingerprint density at radius 3 is 3.04 bits per heavy atom. The van der Waals surface area contributed by atoms with Gasteiger partial charge in [0, 0.05) is 49.3 Å². The lowest BCUT2D eigenvalue weighted by molar-refractivity contribution is 0.0652. The van der Waals surface area contributed by atoms with Crippen molar-refractivity contribution in [2.75, 3.05) is 19.8 Å². The second kappa shape index (κ2) is 6.69. The molecule has 4 rings (SSSR count). The molecular weight excluding hydrogens is 322 g/mol. The van der Waals surface area contributed by atoms with Gasteiger partial charge < -0.3 is 9.64 Å². The summed E-state index contributed by atoms with van der Waals surface area (Å²) >= 11 is 1.56. The van der Waals surface area contributed by atoms with Crippen LogP contribution in [0.15, 0.2) is 23.0 Å². The number of aromatic nitrogens is 2. The average molecular weight is 345 g/mol. The first-order valence-corrected chi connectivity index (χ1v) is 9.64. The molecule has 1 fully saturated rings. The minimum absolute atomic E-state index is 0.110. The minimum Gasteiger partial charge on any atom is -0.381 e. The van der Waals surface area contributed by atoms with Gasteiger partial charge in [-0.1, -0.05) is 0 Å². The van der Waals surface area contributed by atoms with Crippen LogP contribution >= 0.6 is 11.3 Å². The summed E-state index contributed by atoms with van der Waals surface area (Å²) in [5.74, 6) is 1.07. The van der Waals surface area contributed by atoms with E-state index in [4.69, 9.17) is 9.84 Å². The molecule has 2 aliphatic rings. The zero-order valence-electron chi connectivity index (χ0n) is 14.0. The zero-order chi connectivity index (χ0) is 16.5. The largest absolute Gasteiger partial charge is 0.381 e. The summed E-state index contributed by atoms with van der Waals surface area (Å²) in [5, 5.41) is 8.70. The van der Waals surface area contributed by atoms with E-state index in [1.54, 1.807) is 11.3 Å². The van der Waals surface area contributed by atoms with E-state index in [-0.39, 0.29) is 11.8 Å². The van der Waals surface area contributed by atoms with Crippen LogP contribution in [-0.4, -0.2) is 40.3 Å². The van der Waals surface area contributed by atoms with Gasteiger partial charge >= 0.3 is 0 Å². The number of carbonyl (C=O) groups is 1. The van der Waals surface area contributed by atoms with Gasteiger partial charge in [0.05, 0.1) is 17.9 Å². The van der Waals surface area contributed by atoms with Gasteiger partial charge in [-0.15, -0.1) is 0 Å². The van der Waals surface area contributed by atoms with Gasteiger partial charge in [0.2, 0.25) is 0 Å². The highest BCUT2D eigenvalue weighted by molar-refractivity contribution is 7.08. The van der Waals surface area contributed by atoms with Gasteiger partial charge in [-0.25, -0.2) is 0 Å². The van der Waals surface area contributed by atoms with Gasteiger partial charge in [-0.3, -0.25) is 9.48 Å². The molecule has 0 aromatic carbocycles. The first-order chi connectivity index (χ1) is 11.7. The summed E-state index contributed by atoms with van der Waals surface area (Å²) in [7, 11) is 0. The van der Waals surface area contributed by atoms with E-state index in [0.29, 0.717) is 26.3 Å². The SMILES string of the molecule is CCOC[C@H]1CN(C(=O)c2ccsc2)Cc2cn(CC3CC3)nc21. The lowest BCUT2D eigenvalue weighted by Gasteiger charge is -2.31. The highest BCUT2D eigenvalue weighted by Crippen LogP contribution is 2.33. The lowest BCUT2D eigenvalue weighted by atomic mass is 9.97. The fourth-order valence-electron chi connectivity index (χ4n) is 3.34. The first-order valence-electron chi connectivity index (χ1n) is 8.70. The number of amides is 1. The van der Waals surface area contributed by atoms with E-state index in [1.165, 1.54) is 18.4 Å². The van der Waals surface area contributed by atoms with Crippen LogP contribution in [0, 0.1) is 5.92 Å². The summed E-state index contributed by atoms with van der Waals surface area (Å²) < 4.78 is 7.75. The fraction of sp³-hybridized carbons (Fsp3) is 0.556. The number of hydrogen-bond acceptors (Lipinski definition) is 4. The van der Waals surface area contributed by atoms with Crippen molar-refractivity contribution in [3.63, 3.8) is 0 Å². The van der Waals surface area contributed by atoms with Crippen LogP contribution in [0.5, 0.6) is 0 Å². The Morgan fingerprint density at radius 2 is 2.33 bits per heavy atom.